The van der Waals surface area contributed by atoms with E-state index in [9.17, 15) is 9.59 Å². The summed E-state index contributed by atoms with van der Waals surface area (Å²) in [6, 6.07) is 0.0197. The van der Waals surface area contributed by atoms with E-state index in [0.29, 0.717) is 24.9 Å². The Morgan fingerprint density at radius 2 is 1.52 bits per heavy atom. The van der Waals surface area contributed by atoms with Crippen molar-refractivity contribution < 1.29 is 9.59 Å². The average Bonchev–Trinajstić information content (AvgIpc) is 3.03. The van der Waals surface area contributed by atoms with Gasteiger partial charge in [0, 0.05) is 32.1 Å². The molecule has 1 heterocycles. The van der Waals surface area contributed by atoms with Gasteiger partial charge in [-0.2, -0.15) is 0 Å². The lowest BCUT2D eigenvalue weighted by Crippen LogP contribution is -2.43. The number of hydrogen-bond acceptors (Lipinski definition) is 2. The average molecular weight is 319 g/mol. The molecular formula is C18H29N3O2. The normalized spacial score (nSPS) is 27.6. The lowest BCUT2D eigenvalue weighted by atomic mass is 9.86. The number of nitrogens with zero attached hydrogens (tertiary/aromatic N) is 1. The van der Waals surface area contributed by atoms with Gasteiger partial charge < -0.3 is 15.5 Å². The fourth-order valence-corrected chi connectivity index (χ4v) is 4.16. The molecule has 0 aromatic carbocycles. The zero-order valence-electron chi connectivity index (χ0n) is 13.9. The van der Waals surface area contributed by atoms with Crippen LogP contribution in [0.2, 0.25) is 0 Å². The fourth-order valence-electron chi connectivity index (χ4n) is 4.16. The van der Waals surface area contributed by atoms with Crippen molar-refractivity contribution >= 4 is 11.9 Å². The summed E-state index contributed by atoms with van der Waals surface area (Å²) in [6.07, 6.45) is 12.3. The summed E-state index contributed by atoms with van der Waals surface area (Å²) >= 11 is 0. The molecule has 2 atom stereocenters. The number of carbonyl (C=O) groups excluding carboxylic acids is 2. The monoisotopic (exact) mass is 319 g/mol. The van der Waals surface area contributed by atoms with Crippen LogP contribution in [0.1, 0.15) is 44.9 Å². The summed E-state index contributed by atoms with van der Waals surface area (Å²) in [6.45, 7) is 2.79. The number of urea groups is 1. The van der Waals surface area contributed by atoms with E-state index in [2.05, 4.69) is 22.8 Å². The number of rotatable bonds is 4. The largest absolute Gasteiger partial charge is 0.354 e. The Morgan fingerprint density at radius 1 is 0.913 bits per heavy atom. The molecule has 3 aliphatic rings. The molecule has 0 bridgehead atoms. The molecule has 2 aliphatic carbocycles. The van der Waals surface area contributed by atoms with Crippen molar-refractivity contribution in [2.24, 2.45) is 17.8 Å². The molecule has 5 heteroatoms. The number of fused-ring (bicyclic) bond motifs is 1. The predicted octanol–water partition coefficient (Wildman–Crippen LogP) is 2.29. The fraction of sp³-hybridized carbons (Fsp3) is 0.778. The van der Waals surface area contributed by atoms with E-state index in [4.69, 9.17) is 0 Å². The molecule has 3 amide bonds. The number of likely N-dealkylation sites (tertiary alicyclic amines) is 1. The Kier molecular flexibility index (Phi) is 5.57. The van der Waals surface area contributed by atoms with Gasteiger partial charge in [-0.1, -0.05) is 31.4 Å². The third-order valence-electron chi connectivity index (χ3n) is 5.58. The topological polar surface area (TPSA) is 61.4 Å². The van der Waals surface area contributed by atoms with Crippen LogP contribution in [0.3, 0.4) is 0 Å². The molecule has 2 fully saturated rings. The minimum absolute atomic E-state index is 0.0197. The van der Waals surface area contributed by atoms with E-state index in [0.717, 1.165) is 38.8 Å². The summed E-state index contributed by atoms with van der Waals surface area (Å²) in [4.78, 5) is 26.2. The zero-order chi connectivity index (χ0) is 16.1. The number of carbonyl (C=O) groups is 2. The van der Waals surface area contributed by atoms with Crippen LogP contribution >= 0.6 is 0 Å². The number of hydrogen-bond donors (Lipinski definition) is 2. The van der Waals surface area contributed by atoms with Gasteiger partial charge in [0.05, 0.1) is 0 Å². The number of amides is 3. The Labute approximate surface area is 138 Å². The molecule has 2 N–H and O–H groups in total. The highest BCUT2D eigenvalue weighted by atomic mass is 16.2. The third-order valence-corrected chi connectivity index (χ3v) is 5.58. The summed E-state index contributed by atoms with van der Waals surface area (Å²) in [5, 5.41) is 5.91. The predicted molar refractivity (Wildman–Crippen MR) is 89.9 cm³/mol. The minimum atomic E-state index is 0.0197. The van der Waals surface area contributed by atoms with Crippen LogP contribution in [-0.2, 0) is 4.79 Å². The molecule has 1 saturated carbocycles. The zero-order valence-corrected chi connectivity index (χ0v) is 13.9. The molecule has 0 unspecified atom stereocenters. The molecule has 0 aromatic heterocycles. The first-order valence-corrected chi connectivity index (χ1v) is 9.19. The molecule has 3 rings (SSSR count). The van der Waals surface area contributed by atoms with E-state index in [-0.39, 0.29) is 17.9 Å². The molecule has 1 aliphatic heterocycles. The number of nitrogens with one attached hydrogen (secondary N) is 2. The van der Waals surface area contributed by atoms with Gasteiger partial charge in [0.2, 0.25) is 5.91 Å². The highest BCUT2D eigenvalue weighted by molar-refractivity contribution is 5.79. The van der Waals surface area contributed by atoms with Gasteiger partial charge in [0.1, 0.15) is 0 Å². The second kappa shape index (κ2) is 7.84. The highest BCUT2D eigenvalue weighted by Crippen LogP contribution is 2.32. The van der Waals surface area contributed by atoms with Crippen molar-refractivity contribution in [3.63, 3.8) is 0 Å². The Bertz CT molecular complexity index is 441. The van der Waals surface area contributed by atoms with E-state index in [1.807, 2.05) is 4.90 Å². The van der Waals surface area contributed by atoms with Crippen molar-refractivity contribution in [3.05, 3.63) is 12.2 Å². The molecule has 5 nitrogen and oxygen atoms in total. The summed E-state index contributed by atoms with van der Waals surface area (Å²) in [7, 11) is 0. The second-order valence-electron chi connectivity index (χ2n) is 7.23. The van der Waals surface area contributed by atoms with Gasteiger partial charge in [0.25, 0.3) is 0 Å². The van der Waals surface area contributed by atoms with Gasteiger partial charge in [-0.25, -0.2) is 4.79 Å². The molecule has 0 aromatic rings. The lowest BCUT2D eigenvalue weighted by Gasteiger charge is -2.21. The first-order valence-electron chi connectivity index (χ1n) is 9.19. The van der Waals surface area contributed by atoms with Crippen LogP contribution in [-0.4, -0.2) is 43.0 Å². The van der Waals surface area contributed by atoms with Crippen molar-refractivity contribution in [3.8, 4) is 0 Å². The van der Waals surface area contributed by atoms with E-state index < -0.39 is 0 Å². The second-order valence-corrected chi connectivity index (χ2v) is 7.23. The maximum Gasteiger partial charge on any atom is 0.317 e. The minimum Gasteiger partial charge on any atom is -0.354 e. The smallest absolute Gasteiger partial charge is 0.317 e. The molecule has 128 valence electrons. The van der Waals surface area contributed by atoms with Gasteiger partial charge in [-0.05, 0) is 37.5 Å². The van der Waals surface area contributed by atoms with Crippen LogP contribution in [0.15, 0.2) is 12.2 Å². The highest BCUT2D eigenvalue weighted by Gasteiger charge is 2.34. The van der Waals surface area contributed by atoms with Gasteiger partial charge >= 0.3 is 6.03 Å². The van der Waals surface area contributed by atoms with Crippen molar-refractivity contribution in [1.82, 2.24) is 15.5 Å². The molecular weight excluding hydrogens is 290 g/mol. The lowest BCUT2D eigenvalue weighted by molar-refractivity contribution is -0.125. The van der Waals surface area contributed by atoms with Crippen LogP contribution in [0.25, 0.3) is 0 Å². The first-order chi connectivity index (χ1) is 11.2. The van der Waals surface area contributed by atoms with Gasteiger partial charge in [-0.3, -0.25) is 4.79 Å². The van der Waals surface area contributed by atoms with E-state index in [1.165, 1.54) is 19.3 Å². The Balaban J connectivity index is 1.31. The summed E-state index contributed by atoms with van der Waals surface area (Å²) < 4.78 is 0. The van der Waals surface area contributed by atoms with Crippen molar-refractivity contribution in [2.75, 3.05) is 26.2 Å². The molecule has 23 heavy (non-hydrogen) atoms. The maximum absolute atomic E-state index is 12.2. The van der Waals surface area contributed by atoms with Crippen molar-refractivity contribution in [2.45, 2.75) is 44.9 Å². The SMILES string of the molecule is O=C(NCCNC(=O)N1C[C@@H]2CC=CC[C@H]2C1)C1CCCCC1. The number of allylic oxidation sites excluding steroid dienone is 2. The standard InChI is InChI=1S/C18H29N3O2/c22-17(14-6-2-1-3-7-14)19-10-11-20-18(23)21-12-15-8-4-5-9-16(15)13-21/h4-5,14-16H,1-3,6-13H2,(H,19,22)(H,20,23)/t15-,16-/m0/s1. The maximum atomic E-state index is 12.2. The van der Waals surface area contributed by atoms with Crippen LogP contribution in [0.5, 0.6) is 0 Å². The van der Waals surface area contributed by atoms with Gasteiger partial charge in [-0.15, -0.1) is 0 Å². The summed E-state index contributed by atoms with van der Waals surface area (Å²) in [5.74, 6) is 1.62. The Hall–Kier alpha value is -1.52. The Morgan fingerprint density at radius 3 is 2.17 bits per heavy atom. The quantitative estimate of drug-likeness (QED) is 0.617. The molecule has 1 saturated heterocycles. The van der Waals surface area contributed by atoms with Crippen LogP contribution < -0.4 is 10.6 Å². The third kappa shape index (κ3) is 4.27. The molecule has 0 spiro atoms. The van der Waals surface area contributed by atoms with Crippen LogP contribution in [0, 0.1) is 17.8 Å². The summed E-state index contributed by atoms with van der Waals surface area (Å²) in [5.41, 5.74) is 0. The van der Waals surface area contributed by atoms with Crippen LogP contribution in [0.4, 0.5) is 4.79 Å². The van der Waals surface area contributed by atoms with Crippen molar-refractivity contribution in [1.29, 1.82) is 0 Å². The van der Waals surface area contributed by atoms with E-state index >= 15 is 0 Å². The van der Waals surface area contributed by atoms with E-state index in [1.54, 1.807) is 0 Å². The molecule has 0 radical (unpaired) electrons. The first kappa shape index (κ1) is 16.3. The van der Waals surface area contributed by atoms with Gasteiger partial charge in [0.15, 0.2) is 0 Å².